The van der Waals surface area contributed by atoms with Crippen LogP contribution in [0.1, 0.15) is 17.7 Å². The first kappa shape index (κ1) is 9.71. The van der Waals surface area contributed by atoms with E-state index in [0.717, 1.165) is 16.9 Å². The third kappa shape index (κ3) is 2.15. The minimum Gasteiger partial charge on any atom is -0.481 e. The average Bonchev–Trinajstić information content (AvgIpc) is 2.56. The number of carboxylic acid groups (broad SMARTS) is 1. The van der Waals surface area contributed by atoms with Gasteiger partial charge in [0.25, 0.3) is 0 Å². The van der Waals surface area contributed by atoms with Crippen molar-refractivity contribution in [2.24, 2.45) is 0 Å². The molecule has 4 heteroatoms. The molecule has 0 aliphatic rings. The lowest BCUT2D eigenvalue weighted by Crippen LogP contribution is -1.97. The van der Waals surface area contributed by atoms with Crippen molar-refractivity contribution in [3.8, 4) is 0 Å². The molecule has 4 nitrogen and oxygen atoms in total. The topological polar surface area (TPSA) is 54.6 Å². The van der Waals surface area contributed by atoms with E-state index in [1.165, 1.54) is 0 Å². The minimum atomic E-state index is -0.789. The zero-order valence-corrected chi connectivity index (χ0v) is 8.47. The molecule has 15 heavy (non-hydrogen) atoms. The van der Waals surface area contributed by atoms with E-state index < -0.39 is 5.97 Å². The molecule has 2 aromatic heterocycles. The van der Waals surface area contributed by atoms with Crippen molar-refractivity contribution in [2.45, 2.75) is 19.8 Å². The van der Waals surface area contributed by atoms with Crippen LogP contribution in [-0.2, 0) is 11.2 Å². The largest absolute Gasteiger partial charge is 0.481 e. The van der Waals surface area contributed by atoms with Gasteiger partial charge in [0, 0.05) is 18.8 Å². The van der Waals surface area contributed by atoms with Crippen molar-refractivity contribution in [3.63, 3.8) is 0 Å². The highest BCUT2D eigenvalue weighted by atomic mass is 16.4. The SMILES string of the molecule is Cc1ccc2nc(CCC(=O)O)cn2c1. The standard InChI is InChI=1S/C11H12N2O2/c1-8-2-4-10-12-9(3-5-11(14)15)7-13(10)6-8/h2,4,6-7H,3,5H2,1H3,(H,14,15). The molecule has 0 aliphatic carbocycles. The highest BCUT2D eigenvalue weighted by Crippen LogP contribution is 2.08. The summed E-state index contributed by atoms with van der Waals surface area (Å²) >= 11 is 0. The van der Waals surface area contributed by atoms with Gasteiger partial charge in [0.05, 0.1) is 12.1 Å². The molecule has 0 atom stereocenters. The Kier molecular flexibility index (Phi) is 2.41. The Balaban J connectivity index is 2.27. The Labute approximate surface area is 87.2 Å². The lowest BCUT2D eigenvalue weighted by molar-refractivity contribution is -0.136. The summed E-state index contributed by atoms with van der Waals surface area (Å²) in [6.07, 6.45) is 4.47. The highest BCUT2D eigenvalue weighted by Gasteiger charge is 2.03. The van der Waals surface area contributed by atoms with Gasteiger partial charge >= 0.3 is 5.97 Å². The predicted octanol–water partition coefficient (Wildman–Crippen LogP) is 1.66. The van der Waals surface area contributed by atoms with E-state index in [4.69, 9.17) is 5.11 Å². The summed E-state index contributed by atoms with van der Waals surface area (Å²) in [6, 6.07) is 3.92. The van der Waals surface area contributed by atoms with Crippen molar-refractivity contribution in [3.05, 3.63) is 35.8 Å². The van der Waals surface area contributed by atoms with Crippen LogP contribution in [0.15, 0.2) is 24.5 Å². The van der Waals surface area contributed by atoms with Gasteiger partial charge in [-0.3, -0.25) is 4.79 Å². The Morgan fingerprint density at radius 2 is 2.27 bits per heavy atom. The molecule has 0 unspecified atom stereocenters. The van der Waals surface area contributed by atoms with Crippen LogP contribution in [-0.4, -0.2) is 20.5 Å². The smallest absolute Gasteiger partial charge is 0.303 e. The first-order valence-corrected chi connectivity index (χ1v) is 4.81. The molecule has 0 aliphatic heterocycles. The lowest BCUT2D eigenvalue weighted by atomic mass is 10.2. The van der Waals surface area contributed by atoms with Crippen molar-refractivity contribution in [1.29, 1.82) is 0 Å². The second-order valence-electron chi connectivity index (χ2n) is 3.60. The van der Waals surface area contributed by atoms with Crippen molar-refractivity contribution in [1.82, 2.24) is 9.38 Å². The number of hydrogen-bond acceptors (Lipinski definition) is 2. The van der Waals surface area contributed by atoms with Crippen LogP contribution in [0.4, 0.5) is 0 Å². The van der Waals surface area contributed by atoms with Gasteiger partial charge in [-0.2, -0.15) is 0 Å². The first-order valence-electron chi connectivity index (χ1n) is 4.81. The van der Waals surface area contributed by atoms with Gasteiger partial charge in [-0.15, -0.1) is 0 Å². The number of carbonyl (C=O) groups is 1. The number of fused-ring (bicyclic) bond motifs is 1. The molecular formula is C11H12N2O2. The Hall–Kier alpha value is -1.84. The summed E-state index contributed by atoms with van der Waals surface area (Å²) in [5, 5.41) is 8.56. The molecule has 0 saturated heterocycles. The van der Waals surface area contributed by atoms with E-state index >= 15 is 0 Å². The molecule has 0 bridgehead atoms. The van der Waals surface area contributed by atoms with Crippen LogP contribution in [0.2, 0.25) is 0 Å². The van der Waals surface area contributed by atoms with Gasteiger partial charge < -0.3 is 9.51 Å². The van der Waals surface area contributed by atoms with Crippen LogP contribution in [0.5, 0.6) is 0 Å². The van der Waals surface area contributed by atoms with E-state index in [2.05, 4.69) is 4.98 Å². The third-order valence-corrected chi connectivity index (χ3v) is 2.24. The summed E-state index contributed by atoms with van der Waals surface area (Å²) in [5.41, 5.74) is 2.84. The highest BCUT2D eigenvalue weighted by molar-refractivity contribution is 5.67. The predicted molar refractivity (Wildman–Crippen MR) is 55.9 cm³/mol. The van der Waals surface area contributed by atoms with Gasteiger partial charge in [-0.1, -0.05) is 6.07 Å². The molecule has 0 aromatic carbocycles. The molecule has 2 heterocycles. The summed E-state index contributed by atoms with van der Waals surface area (Å²) in [7, 11) is 0. The van der Waals surface area contributed by atoms with Crippen LogP contribution in [0.25, 0.3) is 5.65 Å². The molecule has 1 N–H and O–H groups in total. The molecule has 78 valence electrons. The van der Waals surface area contributed by atoms with Crippen LogP contribution < -0.4 is 0 Å². The van der Waals surface area contributed by atoms with E-state index in [1.54, 1.807) is 0 Å². The molecule has 0 fully saturated rings. The zero-order chi connectivity index (χ0) is 10.8. The summed E-state index contributed by atoms with van der Waals surface area (Å²) in [6.45, 7) is 2.01. The number of rotatable bonds is 3. The Morgan fingerprint density at radius 3 is 3.00 bits per heavy atom. The molecular weight excluding hydrogens is 192 g/mol. The minimum absolute atomic E-state index is 0.128. The number of hydrogen-bond donors (Lipinski definition) is 1. The van der Waals surface area contributed by atoms with Gasteiger partial charge in [-0.25, -0.2) is 4.98 Å². The Bertz CT molecular complexity index is 502. The Morgan fingerprint density at radius 1 is 1.47 bits per heavy atom. The molecule has 0 amide bonds. The van der Waals surface area contributed by atoms with E-state index in [9.17, 15) is 4.79 Å². The molecule has 0 saturated carbocycles. The quantitative estimate of drug-likeness (QED) is 0.827. The number of aryl methyl sites for hydroxylation is 2. The molecule has 2 aromatic rings. The van der Waals surface area contributed by atoms with Crippen molar-refractivity contribution < 1.29 is 9.90 Å². The lowest BCUT2D eigenvalue weighted by Gasteiger charge is -1.93. The summed E-state index contributed by atoms with van der Waals surface area (Å²) in [4.78, 5) is 14.7. The second kappa shape index (κ2) is 3.73. The number of nitrogens with zero attached hydrogens (tertiary/aromatic N) is 2. The monoisotopic (exact) mass is 204 g/mol. The maximum Gasteiger partial charge on any atom is 0.303 e. The number of aromatic nitrogens is 2. The van der Waals surface area contributed by atoms with Gasteiger partial charge in [0.1, 0.15) is 5.65 Å². The fourth-order valence-electron chi connectivity index (χ4n) is 1.51. The van der Waals surface area contributed by atoms with E-state index in [-0.39, 0.29) is 6.42 Å². The number of pyridine rings is 1. The second-order valence-corrected chi connectivity index (χ2v) is 3.60. The molecule has 2 rings (SSSR count). The number of carboxylic acids is 1. The van der Waals surface area contributed by atoms with Gasteiger partial charge in [0.15, 0.2) is 0 Å². The normalized spacial score (nSPS) is 10.7. The molecule has 0 radical (unpaired) electrons. The maximum atomic E-state index is 10.4. The van der Waals surface area contributed by atoms with Crippen LogP contribution >= 0.6 is 0 Å². The molecule has 0 spiro atoms. The van der Waals surface area contributed by atoms with Crippen molar-refractivity contribution in [2.75, 3.05) is 0 Å². The van der Waals surface area contributed by atoms with Gasteiger partial charge in [-0.05, 0) is 18.6 Å². The summed E-state index contributed by atoms with van der Waals surface area (Å²) < 4.78 is 1.92. The average molecular weight is 204 g/mol. The fourth-order valence-corrected chi connectivity index (χ4v) is 1.51. The first-order chi connectivity index (χ1) is 7.15. The number of aliphatic carboxylic acids is 1. The number of imidazole rings is 1. The third-order valence-electron chi connectivity index (χ3n) is 2.24. The van der Waals surface area contributed by atoms with Gasteiger partial charge in [0.2, 0.25) is 0 Å². The van der Waals surface area contributed by atoms with E-state index in [0.29, 0.717) is 6.42 Å². The van der Waals surface area contributed by atoms with Crippen LogP contribution in [0, 0.1) is 6.92 Å². The fraction of sp³-hybridized carbons (Fsp3) is 0.273. The summed E-state index contributed by atoms with van der Waals surface area (Å²) in [5.74, 6) is -0.789. The zero-order valence-electron chi connectivity index (χ0n) is 8.47. The van der Waals surface area contributed by atoms with Crippen molar-refractivity contribution >= 4 is 11.6 Å². The van der Waals surface area contributed by atoms with Crippen LogP contribution in [0.3, 0.4) is 0 Å². The van der Waals surface area contributed by atoms with E-state index in [1.807, 2.05) is 35.9 Å². The maximum absolute atomic E-state index is 10.4.